The Hall–Kier alpha value is -4.71. The van der Waals surface area contributed by atoms with Gasteiger partial charge in [0.05, 0.1) is 11.6 Å². The highest BCUT2D eigenvalue weighted by Crippen LogP contribution is 2.30. The summed E-state index contributed by atoms with van der Waals surface area (Å²) >= 11 is 0. The van der Waals surface area contributed by atoms with Gasteiger partial charge < -0.3 is 15.3 Å². The van der Waals surface area contributed by atoms with Crippen LogP contribution >= 0.6 is 0 Å². The molecule has 2 N–H and O–H groups in total. The van der Waals surface area contributed by atoms with Gasteiger partial charge in [-0.1, -0.05) is 36.4 Å². The van der Waals surface area contributed by atoms with Gasteiger partial charge in [0.2, 0.25) is 0 Å². The van der Waals surface area contributed by atoms with E-state index in [0.29, 0.717) is 24.3 Å². The average Bonchev–Trinajstić information content (AvgIpc) is 3.28. The van der Waals surface area contributed by atoms with Gasteiger partial charge in [0.15, 0.2) is 11.4 Å². The third-order valence-corrected chi connectivity index (χ3v) is 6.15. The van der Waals surface area contributed by atoms with Crippen molar-refractivity contribution < 1.29 is 14.3 Å². The van der Waals surface area contributed by atoms with E-state index in [2.05, 4.69) is 10.3 Å². The summed E-state index contributed by atoms with van der Waals surface area (Å²) in [5.74, 6) is -1.55. The predicted molar refractivity (Wildman–Crippen MR) is 128 cm³/mol. The fourth-order valence-corrected chi connectivity index (χ4v) is 4.45. The molecule has 1 aliphatic heterocycles. The second-order valence-electron chi connectivity index (χ2n) is 8.38. The number of nitrogens with zero attached hydrogens (tertiary/aromatic N) is 4. The van der Waals surface area contributed by atoms with Gasteiger partial charge in [-0.05, 0) is 36.2 Å². The Morgan fingerprint density at radius 3 is 2.49 bits per heavy atom. The summed E-state index contributed by atoms with van der Waals surface area (Å²) in [5, 5.41) is 22.4. The lowest BCUT2D eigenvalue weighted by atomic mass is 10.1. The van der Waals surface area contributed by atoms with Crippen LogP contribution in [0.1, 0.15) is 45.6 Å². The number of pyridine rings is 1. The monoisotopic (exact) mass is 469 g/mol. The maximum atomic E-state index is 14.6. The van der Waals surface area contributed by atoms with E-state index in [1.807, 2.05) is 35.2 Å². The minimum absolute atomic E-state index is 0.0625. The van der Waals surface area contributed by atoms with Gasteiger partial charge in [-0.2, -0.15) is 5.26 Å². The highest BCUT2D eigenvalue weighted by atomic mass is 19.1. The van der Waals surface area contributed by atoms with Crippen molar-refractivity contribution in [3.05, 3.63) is 105 Å². The van der Waals surface area contributed by atoms with E-state index < -0.39 is 23.4 Å². The average molecular weight is 469 g/mol. The Bertz CT molecular complexity index is 1570. The van der Waals surface area contributed by atoms with E-state index in [0.717, 1.165) is 21.7 Å². The molecule has 0 radical (unpaired) electrons. The molecule has 0 saturated carbocycles. The summed E-state index contributed by atoms with van der Waals surface area (Å²) in [6.07, 6.45) is 1.01. The summed E-state index contributed by atoms with van der Waals surface area (Å²) in [6.45, 7) is 2.71. The number of aromatic nitrogens is 2. The lowest BCUT2D eigenvalue weighted by Crippen LogP contribution is -2.27. The number of hydrogen-bond donors (Lipinski definition) is 2. The number of carboxylic acids is 1. The SMILES string of the molecule is C[C@@H](Nc1ccccc1C(=O)O)c1cc(F)cn2c(=O)c(C#N)c(N3Cc4ccccc4C3)nc12. The lowest BCUT2D eigenvalue weighted by Gasteiger charge is -2.22. The van der Waals surface area contributed by atoms with E-state index in [4.69, 9.17) is 0 Å². The van der Waals surface area contributed by atoms with Crippen LogP contribution in [-0.4, -0.2) is 20.5 Å². The Kier molecular flexibility index (Phi) is 5.41. The number of para-hydroxylation sites is 1. The molecule has 2 aromatic carbocycles. The van der Waals surface area contributed by atoms with Crippen molar-refractivity contribution in [1.82, 2.24) is 9.38 Å². The van der Waals surface area contributed by atoms with Crippen LogP contribution in [-0.2, 0) is 13.1 Å². The fraction of sp³-hybridized carbons (Fsp3) is 0.154. The van der Waals surface area contributed by atoms with Crippen LogP contribution < -0.4 is 15.8 Å². The van der Waals surface area contributed by atoms with Crippen molar-refractivity contribution in [2.45, 2.75) is 26.1 Å². The molecule has 0 aliphatic carbocycles. The van der Waals surface area contributed by atoms with Crippen LogP contribution in [0.4, 0.5) is 15.9 Å². The lowest BCUT2D eigenvalue weighted by molar-refractivity contribution is 0.0698. The summed E-state index contributed by atoms with van der Waals surface area (Å²) in [7, 11) is 0. The highest BCUT2D eigenvalue weighted by Gasteiger charge is 2.26. The van der Waals surface area contributed by atoms with Gasteiger partial charge in [0.25, 0.3) is 5.56 Å². The number of carboxylic acid groups (broad SMARTS) is 1. The second kappa shape index (κ2) is 8.57. The van der Waals surface area contributed by atoms with Crippen molar-refractivity contribution >= 4 is 23.1 Å². The summed E-state index contributed by atoms with van der Waals surface area (Å²) in [5.41, 5.74) is 2.29. The quantitative estimate of drug-likeness (QED) is 0.453. The Balaban J connectivity index is 1.64. The molecule has 2 aromatic heterocycles. The van der Waals surface area contributed by atoms with Gasteiger partial charge in [0.1, 0.15) is 17.5 Å². The zero-order chi connectivity index (χ0) is 24.7. The van der Waals surface area contributed by atoms with Crippen molar-refractivity contribution in [2.75, 3.05) is 10.2 Å². The van der Waals surface area contributed by atoms with Gasteiger partial charge in [0, 0.05) is 30.5 Å². The maximum absolute atomic E-state index is 14.6. The van der Waals surface area contributed by atoms with E-state index in [1.165, 1.54) is 12.1 Å². The molecule has 0 bridgehead atoms. The zero-order valence-corrected chi connectivity index (χ0v) is 18.7. The third-order valence-electron chi connectivity index (χ3n) is 6.15. The van der Waals surface area contributed by atoms with E-state index in [-0.39, 0.29) is 22.6 Å². The standard InChI is InChI=1S/C26H20FN5O3/c1-15(29-22-9-5-4-8-19(22)26(34)35)20-10-18(27)14-32-24(20)30-23(21(11-28)25(32)33)31-12-16-6-2-3-7-17(16)13-31/h2-10,14-15,29H,12-13H2,1H3,(H,34,35)/t15-/m1/s1. The van der Waals surface area contributed by atoms with Crippen molar-refractivity contribution in [2.24, 2.45) is 0 Å². The van der Waals surface area contributed by atoms with Gasteiger partial charge in [-0.3, -0.25) is 9.20 Å². The van der Waals surface area contributed by atoms with E-state index in [9.17, 15) is 24.3 Å². The third kappa shape index (κ3) is 3.85. The van der Waals surface area contributed by atoms with Gasteiger partial charge >= 0.3 is 5.97 Å². The first-order valence-electron chi connectivity index (χ1n) is 10.9. The summed E-state index contributed by atoms with van der Waals surface area (Å²) in [6, 6.07) is 16.8. The number of rotatable bonds is 5. The Morgan fingerprint density at radius 2 is 1.83 bits per heavy atom. The number of benzene rings is 2. The Morgan fingerprint density at radius 1 is 1.17 bits per heavy atom. The molecule has 35 heavy (non-hydrogen) atoms. The minimum atomic E-state index is -1.10. The molecule has 3 heterocycles. The molecule has 9 heteroatoms. The molecule has 174 valence electrons. The molecule has 8 nitrogen and oxygen atoms in total. The first-order valence-corrected chi connectivity index (χ1v) is 10.9. The number of halogens is 1. The number of aromatic carboxylic acids is 1. The molecule has 1 atom stereocenters. The van der Waals surface area contributed by atoms with Crippen molar-refractivity contribution in [3.63, 3.8) is 0 Å². The number of carbonyl (C=O) groups is 1. The topological polar surface area (TPSA) is 111 Å². The second-order valence-corrected chi connectivity index (χ2v) is 8.38. The zero-order valence-electron chi connectivity index (χ0n) is 18.7. The number of anilines is 2. The number of nitriles is 1. The van der Waals surface area contributed by atoms with Crippen LogP contribution in [0, 0.1) is 17.1 Å². The van der Waals surface area contributed by atoms with Crippen LogP contribution in [0.2, 0.25) is 0 Å². The number of nitrogens with one attached hydrogen (secondary N) is 1. The molecule has 0 saturated heterocycles. The molecule has 5 rings (SSSR count). The Labute approximate surface area is 199 Å². The molecular weight excluding hydrogens is 449 g/mol. The molecule has 0 amide bonds. The highest BCUT2D eigenvalue weighted by molar-refractivity contribution is 5.94. The van der Waals surface area contributed by atoms with Gasteiger partial charge in [-0.15, -0.1) is 0 Å². The van der Waals surface area contributed by atoms with Crippen LogP contribution in [0.15, 0.2) is 65.6 Å². The first kappa shape index (κ1) is 22.1. The molecule has 0 fully saturated rings. The van der Waals surface area contributed by atoms with Crippen molar-refractivity contribution in [3.8, 4) is 6.07 Å². The van der Waals surface area contributed by atoms with Crippen molar-refractivity contribution in [1.29, 1.82) is 5.26 Å². The number of fused-ring (bicyclic) bond motifs is 2. The summed E-state index contributed by atoms with van der Waals surface area (Å²) in [4.78, 5) is 31.4. The van der Waals surface area contributed by atoms with E-state index >= 15 is 0 Å². The molecule has 1 aliphatic rings. The minimum Gasteiger partial charge on any atom is -0.478 e. The van der Waals surface area contributed by atoms with Gasteiger partial charge in [-0.25, -0.2) is 14.2 Å². The van der Waals surface area contributed by atoms with E-state index in [1.54, 1.807) is 25.1 Å². The van der Waals surface area contributed by atoms with Crippen LogP contribution in [0.25, 0.3) is 5.65 Å². The largest absolute Gasteiger partial charge is 0.478 e. The molecule has 4 aromatic rings. The van der Waals surface area contributed by atoms with Crippen LogP contribution in [0.3, 0.4) is 0 Å². The number of hydrogen-bond acceptors (Lipinski definition) is 6. The molecule has 0 spiro atoms. The summed E-state index contributed by atoms with van der Waals surface area (Å²) < 4.78 is 15.6. The fourth-order valence-electron chi connectivity index (χ4n) is 4.45. The normalized spacial score (nSPS) is 13.3. The molecular formula is C26H20FN5O3. The maximum Gasteiger partial charge on any atom is 0.337 e. The first-order chi connectivity index (χ1) is 16.9. The molecule has 0 unspecified atom stereocenters. The van der Waals surface area contributed by atoms with Crippen LogP contribution in [0.5, 0.6) is 0 Å². The smallest absolute Gasteiger partial charge is 0.337 e. The predicted octanol–water partition coefficient (Wildman–Crippen LogP) is 4.10.